The summed E-state index contributed by atoms with van der Waals surface area (Å²) in [6, 6.07) is 0. The Morgan fingerprint density at radius 1 is 1.36 bits per heavy atom. The molecule has 11 heavy (non-hydrogen) atoms. The predicted octanol–water partition coefficient (Wildman–Crippen LogP) is 2.23. The Morgan fingerprint density at radius 3 is 2.27 bits per heavy atom. The lowest BCUT2D eigenvalue weighted by Gasteiger charge is -2.29. The molecule has 0 saturated carbocycles. The molecule has 0 amide bonds. The molecule has 0 spiro atoms. The van der Waals surface area contributed by atoms with Gasteiger partial charge in [0.15, 0.2) is 0 Å². The third-order valence-electron chi connectivity index (χ3n) is 2.41. The van der Waals surface area contributed by atoms with Crippen LogP contribution in [0, 0.1) is 11.3 Å². The van der Waals surface area contributed by atoms with Crippen molar-refractivity contribution < 1.29 is 4.39 Å². The minimum Gasteiger partial charge on any atom is -0.314 e. The van der Waals surface area contributed by atoms with Crippen LogP contribution >= 0.6 is 0 Å². The molecule has 1 N–H and O–H groups in total. The van der Waals surface area contributed by atoms with Crippen molar-refractivity contribution in [2.24, 2.45) is 11.3 Å². The molecule has 68 valence electrons. The van der Waals surface area contributed by atoms with E-state index < -0.39 is 0 Å². The van der Waals surface area contributed by atoms with Gasteiger partial charge in [-0.15, -0.1) is 0 Å². The van der Waals surface area contributed by atoms with Crippen molar-refractivity contribution in [3.8, 4) is 0 Å². The maximum Gasteiger partial charge on any atom is 0.102 e. The highest BCUT2D eigenvalue weighted by Gasteiger charge is 2.21. The Morgan fingerprint density at radius 2 is 1.91 bits per heavy atom. The predicted molar refractivity (Wildman–Crippen MR) is 47.5 cm³/mol. The molecule has 0 aromatic heterocycles. The Balaban J connectivity index is 3.55. The molecule has 0 aliphatic heterocycles. The first kappa shape index (κ1) is 10.9. The zero-order valence-electron chi connectivity index (χ0n) is 8.08. The monoisotopic (exact) mass is 161 g/mol. The van der Waals surface area contributed by atoms with Crippen LogP contribution in [0.25, 0.3) is 0 Å². The van der Waals surface area contributed by atoms with Gasteiger partial charge in [0.1, 0.15) is 6.67 Å². The Labute approximate surface area is 69.4 Å². The molecule has 0 aliphatic carbocycles. The molecule has 0 aromatic rings. The van der Waals surface area contributed by atoms with Gasteiger partial charge in [-0.2, -0.15) is 0 Å². The zero-order chi connectivity index (χ0) is 8.91. The second-order valence-electron chi connectivity index (χ2n) is 4.01. The molecule has 0 saturated heterocycles. The molecule has 0 fully saturated rings. The molecule has 0 unspecified atom stereocenters. The van der Waals surface area contributed by atoms with Gasteiger partial charge in [0.2, 0.25) is 0 Å². The summed E-state index contributed by atoms with van der Waals surface area (Å²) in [7, 11) is 0. The van der Waals surface area contributed by atoms with Crippen LogP contribution in [0.1, 0.15) is 27.7 Å². The Bertz CT molecular complexity index is 99.7. The SMILES string of the molecule is CC(C)C(C)(C)CNCCF. The van der Waals surface area contributed by atoms with Crippen molar-refractivity contribution in [3.05, 3.63) is 0 Å². The standard InChI is InChI=1S/C9H20FN/c1-8(2)9(3,4)7-11-6-5-10/h8,11H,5-7H2,1-4H3. The molecule has 0 radical (unpaired) electrons. The summed E-state index contributed by atoms with van der Waals surface area (Å²) >= 11 is 0. The van der Waals surface area contributed by atoms with E-state index in [0.717, 1.165) is 6.54 Å². The maximum absolute atomic E-state index is 11.7. The first-order chi connectivity index (χ1) is 5.00. The topological polar surface area (TPSA) is 12.0 Å². The molecule has 0 aromatic carbocycles. The van der Waals surface area contributed by atoms with Gasteiger partial charge in [-0.3, -0.25) is 0 Å². The second kappa shape index (κ2) is 4.70. The third kappa shape index (κ3) is 4.35. The fraction of sp³-hybridized carbons (Fsp3) is 1.00. The average molecular weight is 161 g/mol. The van der Waals surface area contributed by atoms with E-state index in [2.05, 4.69) is 33.0 Å². The summed E-state index contributed by atoms with van der Waals surface area (Å²) in [6.07, 6.45) is 0. The molecule has 0 aliphatic rings. The highest BCUT2D eigenvalue weighted by atomic mass is 19.1. The minimum absolute atomic E-state index is 0.270. The van der Waals surface area contributed by atoms with E-state index in [0.29, 0.717) is 12.5 Å². The zero-order valence-corrected chi connectivity index (χ0v) is 8.08. The van der Waals surface area contributed by atoms with Gasteiger partial charge in [0, 0.05) is 13.1 Å². The van der Waals surface area contributed by atoms with Gasteiger partial charge >= 0.3 is 0 Å². The molecule has 0 rings (SSSR count). The Kier molecular flexibility index (Phi) is 4.66. The summed E-state index contributed by atoms with van der Waals surface area (Å²) in [4.78, 5) is 0. The number of hydrogen-bond donors (Lipinski definition) is 1. The van der Waals surface area contributed by atoms with Crippen LogP contribution in [0.5, 0.6) is 0 Å². The average Bonchev–Trinajstić information content (AvgIpc) is 1.88. The summed E-state index contributed by atoms with van der Waals surface area (Å²) in [5.74, 6) is 0.634. The molecular weight excluding hydrogens is 141 g/mol. The number of nitrogens with one attached hydrogen (secondary N) is 1. The van der Waals surface area contributed by atoms with Crippen LogP contribution < -0.4 is 5.32 Å². The lowest BCUT2D eigenvalue weighted by atomic mass is 9.81. The number of halogens is 1. The number of alkyl halides is 1. The van der Waals surface area contributed by atoms with Crippen molar-refractivity contribution >= 4 is 0 Å². The maximum atomic E-state index is 11.7. The van der Waals surface area contributed by atoms with Gasteiger partial charge in [-0.05, 0) is 11.3 Å². The first-order valence-electron chi connectivity index (χ1n) is 4.27. The summed E-state index contributed by atoms with van der Waals surface area (Å²) < 4.78 is 11.7. The lowest BCUT2D eigenvalue weighted by Crippen LogP contribution is -2.34. The van der Waals surface area contributed by atoms with E-state index in [9.17, 15) is 4.39 Å². The van der Waals surface area contributed by atoms with E-state index in [4.69, 9.17) is 0 Å². The Hall–Kier alpha value is -0.110. The van der Waals surface area contributed by atoms with Crippen molar-refractivity contribution in [2.45, 2.75) is 27.7 Å². The van der Waals surface area contributed by atoms with Crippen LogP contribution in [-0.4, -0.2) is 19.8 Å². The molecular formula is C9H20FN. The van der Waals surface area contributed by atoms with Gasteiger partial charge in [0.05, 0.1) is 0 Å². The van der Waals surface area contributed by atoms with E-state index in [1.165, 1.54) is 0 Å². The smallest absolute Gasteiger partial charge is 0.102 e. The summed E-state index contributed by atoms with van der Waals surface area (Å²) in [5, 5.41) is 3.08. The van der Waals surface area contributed by atoms with E-state index >= 15 is 0 Å². The number of hydrogen-bond acceptors (Lipinski definition) is 1. The quantitative estimate of drug-likeness (QED) is 0.610. The lowest BCUT2D eigenvalue weighted by molar-refractivity contribution is 0.236. The van der Waals surface area contributed by atoms with Crippen molar-refractivity contribution in [3.63, 3.8) is 0 Å². The largest absolute Gasteiger partial charge is 0.314 e. The minimum atomic E-state index is -0.270. The van der Waals surface area contributed by atoms with Gasteiger partial charge in [-0.25, -0.2) is 4.39 Å². The second-order valence-corrected chi connectivity index (χ2v) is 4.01. The highest BCUT2D eigenvalue weighted by molar-refractivity contribution is 4.74. The van der Waals surface area contributed by atoms with Crippen molar-refractivity contribution in [1.82, 2.24) is 5.32 Å². The fourth-order valence-corrected chi connectivity index (χ4v) is 0.681. The third-order valence-corrected chi connectivity index (χ3v) is 2.41. The molecule has 1 nitrogen and oxygen atoms in total. The molecule has 0 heterocycles. The summed E-state index contributed by atoms with van der Waals surface area (Å²) in [5.41, 5.74) is 0.273. The first-order valence-corrected chi connectivity index (χ1v) is 4.27. The van der Waals surface area contributed by atoms with Crippen LogP contribution in [0.4, 0.5) is 4.39 Å². The van der Waals surface area contributed by atoms with Crippen molar-refractivity contribution in [1.29, 1.82) is 0 Å². The van der Waals surface area contributed by atoms with E-state index in [1.54, 1.807) is 0 Å². The molecule has 2 heteroatoms. The van der Waals surface area contributed by atoms with Gasteiger partial charge in [0.25, 0.3) is 0 Å². The van der Waals surface area contributed by atoms with Crippen LogP contribution in [-0.2, 0) is 0 Å². The normalized spacial score (nSPS) is 12.5. The van der Waals surface area contributed by atoms with Gasteiger partial charge < -0.3 is 5.32 Å². The number of rotatable bonds is 5. The van der Waals surface area contributed by atoms with Crippen LogP contribution in [0.3, 0.4) is 0 Å². The van der Waals surface area contributed by atoms with Crippen LogP contribution in [0.2, 0.25) is 0 Å². The van der Waals surface area contributed by atoms with E-state index in [-0.39, 0.29) is 12.1 Å². The highest BCUT2D eigenvalue weighted by Crippen LogP contribution is 2.24. The van der Waals surface area contributed by atoms with Crippen molar-refractivity contribution in [2.75, 3.05) is 19.8 Å². The molecule has 0 bridgehead atoms. The van der Waals surface area contributed by atoms with E-state index in [1.807, 2.05) is 0 Å². The van der Waals surface area contributed by atoms with Crippen LogP contribution in [0.15, 0.2) is 0 Å². The summed E-state index contributed by atoms with van der Waals surface area (Å²) in [6.45, 7) is 9.89. The van der Waals surface area contributed by atoms with Gasteiger partial charge in [-0.1, -0.05) is 27.7 Å². The molecule has 0 atom stereocenters. The fourth-order valence-electron chi connectivity index (χ4n) is 0.681.